The molecule has 25 heavy (non-hydrogen) atoms. The van der Waals surface area contributed by atoms with Crippen LogP contribution in [0.3, 0.4) is 0 Å². The normalized spacial score (nSPS) is 10.2. The number of pyridine rings is 1. The van der Waals surface area contributed by atoms with Crippen molar-refractivity contribution in [2.75, 3.05) is 17.7 Å². The van der Waals surface area contributed by atoms with Crippen molar-refractivity contribution in [3.8, 4) is 5.75 Å². The number of benzene rings is 2. The highest BCUT2D eigenvalue weighted by molar-refractivity contribution is 6.04. The lowest BCUT2D eigenvalue weighted by Gasteiger charge is -2.09. The molecule has 0 spiro atoms. The fourth-order valence-corrected chi connectivity index (χ4v) is 2.40. The molecule has 0 saturated carbocycles. The summed E-state index contributed by atoms with van der Waals surface area (Å²) < 4.78 is 5.11. The molecule has 1 heterocycles. The standard InChI is InChI=1S/C20H19N3O2/c1-14-4-3-5-17(10-14)22-18-11-15(12-21-13-18)20(24)23-16-6-8-19(25-2)9-7-16/h3-13,22H,1-2H3,(H,23,24). The molecule has 0 radical (unpaired) electrons. The van der Waals surface area contributed by atoms with Crippen LogP contribution in [0.15, 0.2) is 67.0 Å². The van der Waals surface area contributed by atoms with E-state index < -0.39 is 0 Å². The molecule has 2 aromatic carbocycles. The molecule has 0 saturated heterocycles. The minimum atomic E-state index is -0.217. The zero-order valence-electron chi connectivity index (χ0n) is 14.1. The number of anilines is 3. The van der Waals surface area contributed by atoms with Crippen molar-refractivity contribution in [3.63, 3.8) is 0 Å². The van der Waals surface area contributed by atoms with Gasteiger partial charge in [-0.25, -0.2) is 0 Å². The summed E-state index contributed by atoms with van der Waals surface area (Å²) in [5, 5.41) is 6.11. The largest absolute Gasteiger partial charge is 0.497 e. The average molecular weight is 333 g/mol. The highest BCUT2D eigenvalue weighted by Gasteiger charge is 2.08. The minimum Gasteiger partial charge on any atom is -0.497 e. The van der Waals surface area contributed by atoms with E-state index in [1.807, 2.05) is 31.2 Å². The topological polar surface area (TPSA) is 63.2 Å². The molecule has 0 bridgehead atoms. The quantitative estimate of drug-likeness (QED) is 0.727. The SMILES string of the molecule is COc1ccc(NC(=O)c2cncc(Nc3cccc(C)c3)c2)cc1. The first-order chi connectivity index (χ1) is 12.1. The van der Waals surface area contributed by atoms with Crippen LogP contribution >= 0.6 is 0 Å². The van der Waals surface area contributed by atoms with Gasteiger partial charge in [-0.2, -0.15) is 0 Å². The maximum Gasteiger partial charge on any atom is 0.257 e. The van der Waals surface area contributed by atoms with Gasteiger partial charge in [-0.05, 0) is 55.0 Å². The van der Waals surface area contributed by atoms with Crippen molar-refractivity contribution >= 4 is 23.0 Å². The summed E-state index contributed by atoms with van der Waals surface area (Å²) in [5.41, 5.74) is 4.05. The Morgan fingerprint density at radius 2 is 1.76 bits per heavy atom. The molecule has 0 aliphatic carbocycles. The van der Waals surface area contributed by atoms with Crippen LogP contribution < -0.4 is 15.4 Å². The predicted molar refractivity (Wildman–Crippen MR) is 99.6 cm³/mol. The van der Waals surface area contributed by atoms with Crippen molar-refractivity contribution in [1.82, 2.24) is 4.98 Å². The summed E-state index contributed by atoms with van der Waals surface area (Å²) in [6.07, 6.45) is 3.23. The molecule has 0 unspecified atom stereocenters. The second-order valence-electron chi connectivity index (χ2n) is 5.64. The lowest BCUT2D eigenvalue weighted by Crippen LogP contribution is -2.12. The molecule has 5 nitrogen and oxygen atoms in total. The Balaban J connectivity index is 1.72. The van der Waals surface area contributed by atoms with E-state index in [0.717, 1.165) is 22.7 Å². The second-order valence-corrected chi connectivity index (χ2v) is 5.64. The van der Waals surface area contributed by atoms with E-state index in [1.54, 1.807) is 49.8 Å². The molecule has 0 atom stereocenters. The number of hydrogen-bond acceptors (Lipinski definition) is 4. The number of carbonyl (C=O) groups is 1. The van der Waals surface area contributed by atoms with E-state index in [4.69, 9.17) is 4.74 Å². The van der Waals surface area contributed by atoms with Gasteiger partial charge in [0.1, 0.15) is 5.75 Å². The number of aryl methyl sites for hydroxylation is 1. The van der Waals surface area contributed by atoms with Gasteiger partial charge in [-0.15, -0.1) is 0 Å². The first-order valence-corrected chi connectivity index (χ1v) is 7.88. The molecule has 3 rings (SSSR count). The Morgan fingerprint density at radius 3 is 2.48 bits per heavy atom. The van der Waals surface area contributed by atoms with E-state index in [0.29, 0.717) is 11.3 Å². The van der Waals surface area contributed by atoms with E-state index in [-0.39, 0.29) is 5.91 Å². The molecule has 0 fully saturated rings. The van der Waals surface area contributed by atoms with Crippen LogP contribution in [-0.2, 0) is 0 Å². The Morgan fingerprint density at radius 1 is 0.960 bits per heavy atom. The third kappa shape index (κ3) is 4.35. The summed E-state index contributed by atoms with van der Waals surface area (Å²) in [6.45, 7) is 2.03. The number of aromatic nitrogens is 1. The van der Waals surface area contributed by atoms with E-state index in [1.165, 1.54) is 0 Å². The zero-order chi connectivity index (χ0) is 17.6. The van der Waals surface area contributed by atoms with E-state index in [9.17, 15) is 4.79 Å². The first-order valence-electron chi connectivity index (χ1n) is 7.88. The summed E-state index contributed by atoms with van der Waals surface area (Å²) >= 11 is 0. The van der Waals surface area contributed by atoms with Gasteiger partial charge in [-0.1, -0.05) is 12.1 Å². The lowest BCUT2D eigenvalue weighted by atomic mass is 10.2. The third-order valence-corrected chi connectivity index (χ3v) is 3.66. The third-order valence-electron chi connectivity index (χ3n) is 3.66. The number of carbonyl (C=O) groups excluding carboxylic acids is 1. The zero-order valence-corrected chi connectivity index (χ0v) is 14.1. The monoisotopic (exact) mass is 333 g/mol. The highest BCUT2D eigenvalue weighted by atomic mass is 16.5. The summed E-state index contributed by atoms with van der Waals surface area (Å²) in [5.74, 6) is 0.523. The number of methoxy groups -OCH3 is 1. The second kappa shape index (κ2) is 7.49. The molecular formula is C20H19N3O2. The van der Waals surface area contributed by atoms with Crippen molar-refractivity contribution in [1.29, 1.82) is 0 Å². The number of ether oxygens (including phenoxy) is 1. The lowest BCUT2D eigenvalue weighted by molar-refractivity contribution is 0.102. The van der Waals surface area contributed by atoms with Gasteiger partial charge >= 0.3 is 0 Å². The van der Waals surface area contributed by atoms with Crippen LogP contribution in [0.5, 0.6) is 5.75 Å². The highest BCUT2D eigenvalue weighted by Crippen LogP contribution is 2.19. The molecular weight excluding hydrogens is 314 g/mol. The van der Waals surface area contributed by atoms with Crippen LogP contribution in [0.1, 0.15) is 15.9 Å². The molecule has 3 aromatic rings. The Bertz CT molecular complexity index is 876. The molecule has 0 aliphatic heterocycles. The predicted octanol–water partition coefficient (Wildman–Crippen LogP) is 4.39. The average Bonchev–Trinajstić information content (AvgIpc) is 2.62. The van der Waals surface area contributed by atoms with Gasteiger partial charge in [0.25, 0.3) is 5.91 Å². The van der Waals surface area contributed by atoms with Crippen LogP contribution in [0.2, 0.25) is 0 Å². The van der Waals surface area contributed by atoms with Gasteiger partial charge in [0, 0.05) is 17.6 Å². The fourth-order valence-electron chi connectivity index (χ4n) is 2.40. The van der Waals surface area contributed by atoms with Gasteiger partial charge in [0.05, 0.1) is 24.6 Å². The maximum absolute atomic E-state index is 12.4. The number of amides is 1. The molecule has 0 aliphatic rings. The van der Waals surface area contributed by atoms with Gasteiger partial charge in [0.2, 0.25) is 0 Å². The number of rotatable bonds is 5. The molecule has 126 valence electrons. The van der Waals surface area contributed by atoms with Gasteiger partial charge in [0.15, 0.2) is 0 Å². The van der Waals surface area contributed by atoms with Gasteiger partial charge < -0.3 is 15.4 Å². The molecule has 1 amide bonds. The molecule has 1 aromatic heterocycles. The van der Waals surface area contributed by atoms with Crippen LogP contribution in [0, 0.1) is 6.92 Å². The number of nitrogens with zero attached hydrogens (tertiary/aromatic N) is 1. The summed E-state index contributed by atoms with van der Waals surface area (Å²) in [4.78, 5) is 16.6. The van der Waals surface area contributed by atoms with Crippen molar-refractivity contribution in [2.24, 2.45) is 0 Å². The Labute approximate surface area is 146 Å². The Hall–Kier alpha value is -3.34. The van der Waals surface area contributed by atoms with E-state index in [2.05, 4.69) is 15.6 Å². The number of hydrogen-bond donors (Lipinski definition) is 2. The summed E-state index contributed by atoms with van der Waals surface area (Å²) in [7, 11) is 1.60. The van der Waals surface area contributed by atoms with Crippen LogP contribution in [-0.4, -0.2) is 18.0 Å². The molecule has 5 heteroatoms. The molecule has 2 N–H and O–H groups in total. The van der Waals surface area contributed by atoms with Crippen LogP contribution in [0.25, 0.3) is 0 Å². The van der Waals surface area contributed by atoms with Crippen molar-refractivity contribution in [2.45, 2.75) is 6.92 Å². The Kier molecular flexibility index (Phi) is 4.95. The van der Waals surface area contributed by atoms with Crippen LogP contribution in [0.4, 0.5) is 17.1 Å². The maximum atomic E-state index is 12.4. The fraction of sp³-hybridized carbons (Fsp3) is 0.100. The van der Waals surface area contributed by atoms with Crippen molar-refractivity contribution < 1.29 is 9.53 Å². The number of nitrogens with one attached hydrogen (secondary N) is 2. The first kappa shape index (κ1) is 16.5. The van der Waals surface area contributed by atoms with E-state index >= 15 is 0 Å². The van der Waals surface area contributed by atoms with Gasteiger partial charge in [-0.3, -0.25) is 9.78 Å². The van der Waals surface area contributed by atoms with Crippen molar-refractivity contribution in [3.05, 3.63) is 78.1 Å². The summed E-state index contributed by atoms with van der Waals surface area (Å²) in [6, 6.07) is 17.0. The minimum absolute atomic E-state index is 0.217. The smallest absolute Gasteiger partial charge is 0.257 e.